The van der Waals surface area contributed by atoms with E-state index in [-0.39, 0.29) is 5.91 Å². The number of nitrogens with one attached hydrogen (secondary N) is 2. The molecule has 2 rings (SSSR count). The molecule has 6 heteroatoms. The summed E-state index contributed by atoms with van der Waals surface area (Å²) in [6.45, 7) is 0.654. The maximum Gasteiger partial charge on any atom is 0.412 e. The third-order valence-corrected chi connectivity index (χ3v) is 3.48. The van der Waals surface area contributed by atoms with Gasteiger partial charge in [0.2, 0.25) is 5.91 Å². The molecule has 0 aromatic heterocycles. The molecule has 2 aromatic carbocycles. The van der Waals surface area contributed by atoms with Crippen LogP contribution in [0.5, 0.6) is 5.75 Å². The van der Waals surface area contributed by atoms with Crippen molar-refractivity contribution in [1.29, 1.82) is 0 Å². The number of halogens is 1. The molecule has 5 nitrogen and oxygen atoms in total. The molecule has 0 bridgehead atoms. The van der Waals surface area contributed by atoms with Gasteiger partial charge >= 0.3 is 6.09 Å². The van der Waals surface area contributed by atoms with Crippen molar-refractivity contribution in [3.63, 3.8) is 0 Å². The predicted molar refractivity (Wildman–Crippen MR) is 93.3 cm³/mol. The van der Waals surface area contributed by atoms with Gasteiger partial charge in [-0.25, -0.2) is 4.79 Å². The van der Waals surface area contributed by atoms with Gasteiger partial charge in [-0.1, -0.05) is 41.9 Å². The molecular formula is C18H19ClN2O3. The molecule has 0 spiro atoms. The highest BCUT2D eigenvalue weighted by Gasteiger charge is 2.04. The number of aryl methyl sites for hydroxylation is 1. The maximum atomic E-state index is 11.7. The number of ether oxygens (including phenoxy) is 1. The van der Waals surface area contributed by atoms with Crippen molar-refractivity contribution in [2.75, 3.05) is 13.1 Å². The average Bonchev–Trinajstić information content (AvgIpc) is 2.59. The van der Waals surface area contributed by atoms with Crippen LogP contribution in [0.2, 0.25) is 5.02 Å². The normalized spacial score (nSPS) is 10.0. The molecule has 0 saturated carbocycles. The predicted octanol–water partition coefficient (Wildman–Crippen LogP) is 3.18. The Labute approximate surface area is 146 Å². The number of rotatable bonds is 7. The summed E-state index contributed by atoms with van der Waals surface area (Å²) in [5.41, 5.74) is 1.05. The van der Waals surface area contributed by atoms with Crippen molar-refractivity contribution in [1.82, 2.24) is 10.6 Å². The Kier molecular flexibility index (Phi) is 7.11. The number of hydrogen-bond acceptors (Lipinski definition) is 3. The summed E-state index contributed by atoms with van der Waals surface area (Å²) in [7, 11) is 0. The Hall–Kier alpha value is -2.53. The first-order valence-electron chi connectivity index (χ1n) is 7.65. The molecule has 0 aliphatic heterocycles. The van der Waals surface area contributed by atoms with Crippen LogP contribution in [0.1, 0.15) is 12.0 Å². The highest BCUT2D eigenvalue weighted by Crippen LogP contribution is 2.11. The Morgan fingerprint density at radius 2 is 1.58 bits per heavy atom. The van der Waals surface area contributed by atoms with Gasteiger partial charge in [-0.15, -0.1) is 0 Å². The summed E-state index contributed by atoms with van der Waals surface area (Å²) in [5, 5.41) is 6.00. The van der Waals surface area contributed by atoms with Gasteiger partial charge in [-0.3, -0.25) is 4.79 Å². The first kappa shape index (κ1) is 17.8. The fourth-order valence-electron chi connectivity index (χ4n) is 2.00. The number of hydrogen-bond donors (Lipinski definition) is 2. The maximum absolute atomic E-state index is 11.7. The van der Waals surface area contributed by atoms with Crippen molar-refractivity contribution in [2.45, 2.75) is 12.8 Å². The first-order valence-corrected chi connectivity index (χ1v) is 8.03. The minimum atomic E-state index is -0.545. The summed E-state index contributed by atoms with van der Waals surface area (Å²) in [6, 6.07) is 16.2. The zero-order valence-electron chi connectivity index (χ0n) is 13.1. The van der Waals surface area contributed by atoms with Gasteiger partial charge in [-0.05, 0) is 36.2 Å². The van der Waals surface area contributed by atoms with E-state index < -0.39 is 6.09 Å². The molecule has 24 heavy (non-hydrogen) atoms. The molecule has 2 N–H and O–H groups in total. The van der Waals surface area contributed by atoms with Gasteiger partial charge in [0.15, 0.2) is 0 Å². The molecule has 2 aromatic rings. The summed E-state index contributed by atoms with van der Waals surface area (Å²) in [4.78, 5) is 23.3. The monoisotopic (exact) mass is 346 g/mol. The van der Waals surface area contributed by atoms with E-state index in [0.29, 0.717) is 36.7 Å². The second-order valence-electron chi connectivity index (χ2n) is 5.11. The molecule has 126 valence electrons. The highest BCUT2D eigenvalue weighted by molar-refractivity contribution is 6.30. The lowest BCUT2D eigenvalue weighted by atomic mass is 10.1. The lowest BCUT2D eigenvalue weighted by Crippen LogP contribution is -2.36. The van der Waals surface area contributed by atoms with Crippen LogP contribution in [-0.4, -0.2) is 25.1 Å². The fourth-order valence-corrected chi connectivity index (χ4v) is 2.12. The van der Waals surface area contributed by atoms with Crippen molar-refractivity contribution < 1.29 is 14.3 Å². The van der Waals surface area contributed by atoms with Crippen molar-refractivity contribution >= 4 is 23.6 Å². The molecule has 0 fully saturated rings. The van der Waals surface area contributed by atoms with Gasteiger partial charge in [0.1, 0.15) is 5.75 Å². The number of carbonyl (C=O) groups excluding carboxylic acids is 2. The SMILES string of the molecule is O=C(CCc1ccc(Cl)cc1)NCCNC(=O)Oc1ccccc1. The van der Waals surface area contributed by atoms with E-state index in [2.05, 4.69) is 10.6 Å². The van der Waals surface area contributed by atoms with Gasteiger partial charge < -0.3 is 15.4 Å². The van der Waals surface area contributed by atoms with E-state index in [1.54, 1.807) is 36.4 Å². The fraction of sp³-hybridized carbons (Fsp3) is 0.222. The third kappa shape index (κ3) is 6.71. The standard InChI is InChI=1S/C18H19ClN2O3/c19-15-9-6-14(7-10-15)8-11-17(22)20-12-13-21-18(23)24-16-4-2-1-3-5-16/h1-7,9-10H,8,11-13H2,(H,20,22)(H,21,23). The largest absolute Gasteiger partial charge is 0.412 e. The quantitative estimate of drug-likeness (QED) is 0.757. The highest BCUT2D eigenvalue weighted by atomic mass is 35.5. The lowest BCUT2D eigenvalue weighted by molar-refractivity contribution is -0.121. The van der Waals surface area contributed by atoms with Crippen molar-refractivity contribution in [3.8, 4) is 5.75 Å². The third-order valence-electron chi connectivity index (χ3n) is 3.22. The van der Waals surface area contributed by atoms with Crippen LogP contribution in [0, 0.1) is 0 Å². The van der Waals surface area contributed by atoms with E-state index >= 15 is 0 Å². The summed E-state index contributed by atoms with van der Waals surface area (Å²) in [5.74, 6) is 0.408. The number of amides is 2. The van der Waals surface area contributed by atoms with E-state index in [9.17, 15) is 9.59 Å². The summed E-state index contributed by atoms with van der Waals surface area (Å²) >= 11 is 5.81. The topological polar surface area (TPSA) is 67.4 Å². The minimum absolute atomic E-state index is 0.0665. The van der Waals surface area contributed by atoms with Gasteiger partial charge in [0.05, 0.1) is 0 Å². The number of benzene rings is 2. The molecule has 0 radical (unpaired) electrons. The molecule has 0 aliphatic rings. The number of carbonyl (C=O) groups is 2. The van der Waals surface area contributed by atoms with Crippen LogP contribution in [0.25, 0.3) is 0 Å². The molecule has 0 aliphatic carbocycles. The van der Waals surface area contributed by atoms with Crippen LogP contribution < -0.4 is 15.4 Å². The Balaban J connectivity index is 1.57. The van der Waals surface area contributed by atoms with E-state index in [1.807, 2.05) is 18.2 Å². The molecule has 0 saturated heterocycles. The summed E-state index contributed by atoms with van der Waals surface area (Å²) < 4.78 is 5.06. The van der Waals surface area contributed by atoms with E-state index in [1.165, 1.54) is 0 Å². The van der Waals surface area contributed by atoms with Crippen LogP contribution in [0.3, 0.4) is 0 Å². The van der Waals surface area contributed by atoms with Gasteiger partial charge in [-0.2, -0.15) is 0 Å². The summed E-state index contributed by atoms with van der Waals surface area (Å²) in [6.07, 6.45) is 0.486. The number of para-hydroxylation sites is 1. The first-order chi connectivity index (χ1) is 11.6. The van der Waals surface area contributed by atoms with Crippen molar-refractivity contribution in [3.05, 3.63) is 65.2 Å². The lowest BCUT2D eigenvalue weighted by Gasteiger charge is -2.08. The van der Waals surface area contributed by atoms with Crippen LogP contribution in [0.4, 0.5) is 4.79 Å². The van der Waals surface area contributed by atoms with Gasteiger partial charge in [0, 0.05) is 24.5 Å². The molecule has 2 amide bonds. The van der Waals surface area contributed by atoms with Gasteiger partial charge in [0.25, 0.3) is 0 Å². The zero-order valence-corrected chi connectivity index (χ0v) is 13.9. The second kappa shape index (κ2) is 9.57. The molecule has 0 unspecified atom stereocenters. The zero-order chi connectivity index (χ0) is 17.2. The second-order valence-corrected chi connectivity index (χ2v) is 5.54. The average molecular weight is 347 g/mol. The van der Waals surface area contributed by atoms with Crippen molar-refractivity contribution in [2.24, 2.45) is 0 Å². The smallest absolute Gasteiger partial charge is 0.410 e. The molecule has 0 atom stereocenters. The van der Waals surface area contributed by atoms with Crippen LogP contribution in [0.15, 0.2) is 54.6 Å². The molecule has 0 heterocycles. The van der Waals surface area contributed by atoms with E-state index in [0.717, 1.165) is 5.56 Å². The Morgan fingerprint density at radius 1 is 0.917 bits per heavy atom. The minimum Gasteiger partial charge on any atom is -0.410 e. The Bertz CT molecular complexity index is 660. The Morgan fingerprint density at radius 3 is 2.29 bits per heavy atom. The van der Waals surface area contributed by atoms with Crippen LogP contribution >= 0.6 is 11.6 Å². The van der Waals surface area contributed by atoms with Crippen LogP contribution in [-0.2, 0) is 11.2 Å². The molecular weight excluding hydrogens is 328 g/mol. The van der Waals surface area contributed by atoms with E-state index in [4.69, 9.17) is 16.3 Å².